The summed E-state index contributed by atoms with van der Waals surface area (Å²) in [6.07, 6.45) is 0.862. The lowest BCUT2D eigenvalue weighted by Gasteiger charge is -2.14. The third-order valence-corrected chi connectivity index (χ3v) is 2.92. The van der Waals surface area contributed by atoms with Crippen LogP contribution in [0.25, 0.3) is 0 Å². The van der Waals surface area contributed by atoms with Crippen molar-refractivity contribution in [2.75, 3.05) is 26.9 Å². The number of nitrogens with one attached hydrogen (secondary N) is 2. The molecule has 1 unspecified atom stereocenters. The molecule has 19 heavy (non-hydrogen) atoms. The zero-order valence-electron chi connectivity index (χ0n) is 11.1. The van der Waals surface area contributed by atoms with Gasteiger partial charge in [-0.1, -0.05) is 18.2 Å². The number of nitrogens with zero attached hydrogens (tertiary/aromatic N) is 1. The Hall–Kier alpha value is -1.79. The van der Waals surface area contributed by atoms with E-state index >= 15 is 0 Å². The first-order valence-corrected chi connectivity index (χ1v) is 6.33. The molecule has 6 nitrogen and oxygen atoms in total. The van der Waals surface area contributed by atoms with Crippen molar-refractivity contribution in [1.82, 2.24) is 10.7 Å². The molecule has 1 aromatic carbocycles. The minimum atomic E-state index is 0.0772. The predicted molar refractivity (Wildman–Crippen MR) is 73.9 cm³/mol. The van der Waals surface area contributed by atoms with Gasteiger partial charge >= 0.3 is 0 Å². The number of aliphatic imine (C=N–C) groups is 1. The maximum atomic E-state index is 5.59. The van der Waals surface area contributed by atoms with Crippen molar-refractivity contribution < 1.29 is 9.47 Å². The highest BCUT2D eigenvalue weighted by molar-refractivity contribution is 5.79. The number of para-hydroxylation sites is 1. The molecule has 0 aromatic heterocycles. The zero-order valence-corrected chi connectivity index (χ0v) is 11.1. The Morgan fingerprint density at radius 2 is 2.37 bits per heavy atom. The monoisotopic (exact) mass is 264 g/mol. The van der Waals surface area contributed by atoms with Gasteiger partial charge in [0.2, 0.25) is 5.96 Å². The number of methoxy groups -OCH3 is 1. The molecular formula is C13H20N4O2. The van der Waals surface area contributed by atoms with E-state index in [-0.39, 0.29) is 6.04 Å². The average Bonchev–Trinajstić information content (AvgIpc) is 2.85. The van der Waals surface area contributed by atoms with Gasteiger partial charge < -0.3 is 14.8 Å². The van der Waals surface area contributed by atoms with E-state index in [1.165, 1.54) is 0 Å². The molecule has 0 radical (unpaired) electrons. The van der Waals surface area contributed by atoms with Gasteiger partial charge in [0.05, 0.1) is 6.04 Å². The van der Waals surface area contributed by atoms with Gasteiger partial charge in [0.25, 0.3) is 0 Å². The van der Waals surface area contributed by atoms with Gasteiger partial charge in [-0.25, -0.2) is 5.84 Å². The van der Waals surface area contributed by atoms with Crippen LogP contribution in [0.2, 0.25) is 0 Å². The van der Waals surface area contributed by atoms with Gasteiger partial charge in [0, 0.05) is 25.8 Å². The van der Waals surface area contributed by atoms with Crippen LogP contribution in [0, 0.1) is 0 Å². The molecule has 2 rings (SSSR count). The van der Waals surface area contributed by atoms with Crippen LogP contribution < -0.4 is 21.3 Å². The highest BCUT2D eigenvalue weighted by Gasteiger charge is 2.24. The Morgan fingerprint density at radius 3 is 3.16 bits per heavy atom. The number of guanidine groups is 1. The summed E-state index contributed by atoms with van der Waals surface area (Å²) in [7, 11) is 1.68. The lowest BCUT2D eigenvalue weighted by molar-refractivity contribution is 0.197. The van der Waals surface area contributed by atoms with Crippen molar-refractivity contribution in [3.8, 4) is 5.75 Å². The van der Waals surface area contributed by atoms with Gasteiger partial charge in [0.15, 0.2) is 0 Å². The molecule has 0 aliphatic carbocycles. The second-order valence-corrected chi connectivity index (χ2v) is 4.27. The fourth-order valence-electron chi connectivity index (χ4n) is 1.98. The van der Waals surface area contributed by atoms with Gasteiger partial charge in [-0.15, -0.1) is 0 Å². The maximum absolute atomic E-state index is 5.59. The molecule has 4 N–H and O–H groups in total. The van der Waals surface area contributed by atoms with E-state index in [4.69, 9.17) is 15.3 Å². The molecule has 6 heteroatoms. The van der Waals surface area contributed by atoms with Gasteiger partial charge in [-0.2, -0.15) is 0 Å². The molecule has 1 aliphatic rings. The SMILES string of the molecule is COCCCN=C(NN)NC1COc2ccccc21. The molecule has 1 aromatic rings. The van der Waals surface area contributed by atoms with Crippen LogP contribution in [-0.2, 0) is 4.74 Å². The fourth-order valence-corrected chi connectivity index (χ4v) is 1.98. The Balaban J connectivity index is 1.92. The van der Waals surface area contributed by atoms with Crippen LogP contribution in [0.3, 0.4) is 0 Å². The Labute approximate surface area is 113 Å². The number of hydrogen-bond acceptors (Lipinski definition) is 4. The molecule has 0 spiro atoms. The third kappa shape index (κ3) is 3.59. The normalized spacial score (nSPS) is 17.8. The Bertz CT molecular complexity index is 436. The van der Waals surface area contributed by atoms with Crippen molar-refractivity contribution >= 4 is 5.96 Å². The van der Waals surface area contributed by atoms with E-state index in [2.05, 4.69) is 15.7 Å². The first-order chi connectivity index (χ1) is 9.35. The zero-order chi connectivity index (χ0) is 13.5. The van der Waals surface area contributed by atoms with Crippen molar-refractivity contribution in [1.29, 1.82) is 0 Å². The number of rotatable bonds is 5. The number of nitrogens with two attached hydrogens (primary N) is 1. The van der Waals surface area contributed by atoms with Crippen molar-refractivity contribution in [2.24, 2.45) is 10.8 Å². The van der Waals surface area contributed by atoms with Crippen molar-refractivity contribution in [3.05, 3.63) is 29.8 Å². The molecule has 0 amide bonds. The van der Waals surface area contributed by atoms with Crippen LogP contribution in [0.4, 0.5) is 0 Å². The average molecular weight is 264 g/mol. The fraction of sp³-hybridized carbons (Fsp3) is 0.462. The highest BCUT2D eigenvalue weighted by atomic mass is 16.5. The smallest absolute Gasteiger partial charge is 0.206 e. The minimum Gasteiger partial charge on any atom is -0.491 e. The summed E-state index contributed by atoms with van der Waals surface area (Å²) in [6, 6.07) is 8.03. The summed E-state index contributed by atoms with van der Waals surface area (Å²) >= 11 is 0. The van der Waals surface area contributed by atoms with E-state index in [1.807, 2.05) is 24.3 Å². The molecule has 1 atom stereocenters. The molecule has 0 saturated carbocycles. The van der Waals surface area contributed by atoms with E-state index in [1.54, 1.807) is 7.11 Å². The topological polar surface area (TPSA) is 80.9 Å². The quantitative estimate of drug-likeness (QED) is 0.238. The van der Waals surface area contributed by atoms with Crippen LogP contribution in [0.15, 0.2) is 29.3 Å². The molecule has 1 aliphatic heterocycles. The van der Waals surface area contributed by atoms with E-state index in [9.17, 15) is 0 Å². The minimum absolute atomic E-state index is 0.0772. The summed E-state index contributed by atoms with van der Waals surface area (Å²) in [5.41, 5.74) is 3.71. The lowest BCUT2D eigenvalue weighted by atomic mass is 10.1. The molecule has 1 heterocycles. The van der Waals surface area contributed by atoms with Crippen molar-refractivity contribution in [3.63, 3.8) is 0 Å². The van der Waals surface area contributed by atoms with Crippen LogP contribution in [0.1, 0.15) is 18.0 Å². The summed E-state index contributed by atoms with van der Waals surface area (Å²) in [5, 5.41) is 3.25. The molecule has 104 valence electrons. The van der Waals surface area contributed by atoms with Crippen LogP contribution >= 0.6 is 0 Å². The second kappa shape index (κ2) is 6.96. The Morgan fingerprint density at radius 1 is 1.53 bits per heavy atom. The summed E-state index contributed by atoms with van der Waals surface area (Å²) in [5.74, 6) is 6.95. The second-order valence-electron chi connectivity index (χ2n) is 4.27. The summed E-state index contributed by atoms with van der Waals surface area (Å²) in [4.78, 5) is 4.35. The maximum Gasteiger partial charge on any atom is 0.206 e. The standard InChI is InChI=1S/C13H20N4O2/c1-18-8-4-7-15-13(17-14)16-11-9-19-12-6-3-2-5-10(11)12/h2-3,5-6,11H,4,7-9,14H2,1H3,(H2,15,16,17). The molecule has 0 saturated heterocycles. The first-order valence-electron chi connectivity index (χ1n) is 6.33. The summed E-state index contributed by atoms with van der Waals surface area (Å²) < 4.78 is 10.6. The number of ether oxygens (including phenoxy) is 2. The molecule has 0 bridgehead atoms. The van der Waals surface area contributed by atoms with Crippen molar-refractivity contribution in [2.45, 2.75) is 12.5 Å². The predicted octanol–water partition coefficient (Wildman–Crippen LogP) is 0.566. The van der Waals surface area contributed by atoms with Gasteiger partial charge in [-0.05, 0) is 12.5 Å². The van der Waals surface area contributed by atoms with E-state index in [0.717, 1.165) is 17.7 Å². The molecular weight excluding hydrogens is 244 g/mol. The molecule has 0 fully saturated rings. The van der Waals surface area contributed by atoms with E-state index in [0.29, 0.717) is 25.7 Å². The number of hydrazine groups is 1. The van der Waals surface area contributed by atoms with Crippen LogP contribution in [-0.4, -0.2) is 32.8 Å². The number of hydrogen-bond donors (Lipinski definition) is 3. The first kappa shape index (κ1) is 13.6. The van der Waals surface area contributed by atoms with Gasteiger partial charge in [-0.3, -0.25) is 10.4 Å². The third-order valence-electron chi connectivity index (χ3n) is 2.92. The highest BCUT2D eigenvalue weighted by Crippen LogP contribution is 2.31. The largest absolute Gasteiger partial charge is 0.491 e. The summed E-state index contributed by atoms with van der Waals surface area (Å²) in [6.45, 7) is 1.93. The number of fused-ring (bicyclic) bond motifs is 1. The Kier molecular flexibility index (Phi) is 5.00. The van der Waals surface area contributed by atoms with Crippen LogP contribution in [0.5, 0.6) is 5.75 Å². The number of benzene rings is 1. The van der Waals surface area contributed by atoms with Gasteiger partial charge in [0.1, 0.15) is 12.4 Å². The lowest BCUT2D eigenvalue weighted by Crippen LogP contribution is -2.43. The van der Waals surface area contributed by atoms with E-state index < -0.39 is 0 Å².